The van der Waals surface area contributed by atoms with Crippen LogP contribution in [0, 0.1) is 0 Å². The third kappa shape index (κ3) is 4.43. The average Bonchev–Trinajstić information content (AvgIpc) is 3.04. The van der Waals surface area contributed by atoms with Crippen molar-refractivity contribution >= 4 is 54.8 Å². The maximum atomic E-state index is 12.6. The van der Waals surface area contributed by atoms with E-state index in [9.17, 15) is 13.2 Å². The van der Waals surface area contributed by atoms with E-state index in [1.54, 1.807) is 29.2 Å². The summed E-state index contributed by atoms with van der Waals surface area (Å²) in [5.74, 6) is -0.00163. The molecule has 0 bridgehead atoms. The number of thiophene rings is 1. The second kappa shape index (κ2) is 7.75. The molecular weight excluding hydrogens is 448 g/mol. The van der Waals surface area contributed by atoms with Gasteiger partial charge in [-0.1, -0.05) is 23.7 Å². The number of halogens is 2. The molecule has 0 atom stereocenters. The highest BCUT2D eigenvalue weighted by Gasteiger charge is 2.31. The third-order valence-electron chi connectivity index (χ3n) is 4.00. The van der Waals surface area contributed by atoms with Gasteiger partial charge in [0.15, 0.2) is 0 Å². The summed E-state index contributed by atoms with van der Waals surface area (Å²) in [5.41, 5.74) is 0.896. The minimum atomic E-state index is -3.48. The van der Waals surface area contributed by atoms with Crippen molar-refractivity contribution in [3.05, 3.63) is 50.8 Å². The number of carbonyl (C=O) groups excluding carboxylic acids is 1. The number of carbonyl (C=O) groups is 1. The van der Waals surface area contributed by atoms with Crippen LogP contribution in [0.15, 0.2) is 44.4 Å². The first kappa shape index (κ1) is 18.8. The van der Waals surface area contributed by atoms with Gasteiger partial charge in [0.1, 0.15) is 4.21 Å². The van der Waals surface area contributed by atoms with Crippen molar-refractivity contribution in [2.45, 2.75) is 10.6 Å². The van der Waals surface area contributed by atoms with Crippen LogP contribution in [0.25, 0.3) is 0 Å². The molecule has 1 saturated heterocycles. The zero-order chi connectivity index (χ0) is 18.0. The molecule has 0 N–H and O–H groups in total. The number of piperazine rings is 1. The summed E-state index contributed by atoms with van der Waals surface area (Å²) < 4.78 is 27.7. The Balaban J connectivity index is 1.59. The van der Waals surface area contributed by atoms with Crippen LogP contribution in [0.3, 0.4) is 0 Å². The van der Waals surface area contributed by atoms with Crippen LogP contribution in [0.2, 0.25) is 5.02 Å². The molecule has 0 radical (unpaired) electrons. The number of nitrogens with zero attached hydrogens (tertiary/aromatic N) is 2. The Bertz CT molecular complexity index is 860. The molecule has 2 heterocycles. The van der Waals surface area contributed by atoms with Crippen LogP contribution < -0.4 is 0 Å². The van der Waals surface area contributed by atoms with E-state index < -0.39 is 10.0 Å². The van der Waals surface area contributed by atoms with Crippen LogP contribution in [0.4, 0.5) is 0 Å². The van der Waals surface area contributed by atoms with Crippen LogP contribution in [0.5, 0.6) is 0 Å². The molecule has 0 unspecified atom stereocenters. The Kier molecular flexibility index (Phi) is 5.85. The SMILES string of the molecule is O=C(Cc1ccc(Cl)cc1)N1CCN(S(=O)(=O)c2ccc(Br)s2)CC1. The number of amides is 1. The fraction of sp³-hybridized carbons (Fsp3) is 0.312. The van der Waals surface area contributed by atoms with Gasteiger partial charge in [0.2, 0.25) is 5.91 Å². The molecule has 2 aromatic rings. The van der Waals surface area contributed by atoms with Gasteiger partial charge in [-0.3, -0.25) is 4.79 Å². The first-order chi connectivity index (χ1) is 11.9. The standard InChI is InChI=1S/C16H16BrClN2O3S2/c17-14-5-6-16(24-14)25(22,23)20-9-7-19(8-10-20)15(21)11-12-1-3-13(18)4-2-12/h1-6H,7-11H2. The Morgan fingerprint density at radius 3 is 2.28 bits per heavy atom. The Hall–Kier alpha value is -0.930. The van der Waals surface area contributed by atoms with Gasteiger partial charge in [-0.15, -0.1) is 11.3 Å². The molecule has 9 heteroatoms. The maximum absolute atomic E-state index is 12.6. The zero-order valence-electron chi connectivity index (χ0n) is 13.2. The minimum Gasteiger partial charge on any atom is -0.340 e. The number of hydrogen-bond donors (Lipinski definition) is 0. The molecule has 1 aromatic carbocycles. The number of sulfonamides is 1. The van der Waals surface area contributed by atoms with Gasteiger partial charge in [-0.05, 0) is 45.8 Å². The van der Waals surface area contributed by atoms with Gasteiger partial charge in [-0.2, -0.15) is 4.31 Å². The van der Waals surface area contributed by atoms with E-state index in [4.69, 9.17) is 11.6 Å². The monoisotopic (exact) mass is 462 g/mol. The predicted molar refractivity (Wildman–Crippen MR) is 103 cm³/mol. The molecule has 1 aromatic heterocycles. The van der Waals surface area contributed by atoms with Crippen molar-refractivity contribution < 1.29 is 13.2 Å². The van der Waals surface area contributed by atoms with Crippen LogP contribution >= 0.6 is 38.9 Å². The number of rotatable bonds is 4. The second-order valence-electron chi connectivity index (χ2n) is 5.65. The summed E-state index contributed by atoms with van der Waals surface area (Å²) in [6.07, 6.45) is 0.293. The van der Waals surface area contributed by atoms with Crippen molar-refractivity contribution in [2.24, 2.45) is 0 Å². The first-order valence-corrected chi connectivity index (χ1v) is 11.1. The van der Waals surface area contributed by atoms with Gasteiger partial charge in [0, 0.05) is 31.2 Å². The highest BCUT2D eigenvalue weighted by molar-refractivity contribution is 9.11. The van der Waals surface area contributed by atoms with E-state index in [-0.39, 0.29) is 5.91 Å². The Morgan fingerprint density at radius 2 is 1.72 bits per heavy atom. The molecule has 1 aliphatic heterocycles. The summed E-state index contributed by atoms with van der Waals surface area (Å²) in [6, 6.07) is 10.5. The fourth-order valence-electron chi connectivity index (χ4n) is 2.63. The smallest absolute Gasteiger partial charge is 0.252 e. The summed E-state index contributed by atoms with van der Waals surface area (Å²) >= 11 is 10.3. The molecule has 5 nitrogen and oxygen atoms in total. The topological polar surface area (TPSA) is 57.7 Å². The van der Waals surface area contributed by atoms with Crippen molar-refractivity contribution in [1.82, 2.24) is 9.21 Å². The minimum absolute atomic E-state index is 0.00163. The average molecular weight is 464 g/mol. The van der Waals surface area contributed by atoms with Gasteiger partial charge in [0.25, 0.3) is 10.0 Å². The van der Waals surface area contributed by atoms with Gasteiger partial charge in [-0.25, -0.2) is 8.42 Å². The van der Waals surface area contributed by atoms with Gasteiger partial charge >= 0.3 is 0 Å². The highest BCUT2D eigenvalue weighted by atomic mass is 79.9. The quantitative estimate of drug-likeness (QED) is 0.699. The Labute approximate surface area is 164 Å². The molecule has 1 fully saturated rings. The molecule has 0 aliphatic carbocycles. The van der Waals surface area contributed by atoms with Crippen LogP contribution in [-0.4, -0.2) is 49.7 Å². The molecule has 3 rings (SSSR count). The molecule has 134 valence electrons. The molecule has 0 saturated carbocycles. The van der Waals surface area contributed by atoms with Crippen molar-refractivity contribution in [2.75, 3.05) is 26.2 Å². The summed E-state index contributed by atoms with van der Waals surface area (Å²) in [7, 11) is -3.48. The summed E-state index contributed by atoms with van der Waals surface area (Å²) in [4.78, 5) is 14.1. The zero-order valence-corrected chi connectivity index (χ0v) is 17.2. The normalized spacial score (nSPS) is 16.2. The maximum Gasteiger partial charge on any atom is 0.252 e. The first-order valence-electron chi connectivity index (χ1n) is 7.64. The van der Waals surface area contributed by atoms with Crippen LogP contribution in [-0.2, 0) is 21.2 Å². The third-order valence-corrected chi connectivity index (χ3v) is 8.24. The lowest BCUT2D eigenvalue weighted by molar-refractivity contribution is -0.131. The predicted octanol–water partition coefficient (Wildman–Crippen LogP) is 3.24. The van der Waals surface area contributed by atoms with E-state index >= 15 is 0 Å². The lowest BCUT2D eigenvalue weighted by Gasteiger charge is -2.33. The lowest BCUT2D eigenvalue weighted by atomic mass is 10.1. The van der Waals surface area contributed by atoms with Crippen molar-refractivity contribution in [3.8, 4) is 0 Å². The molecular formula is C16H16BrClN2O3S2. The highest BCUT2D eigenvalue weighted by Crippen LogP contribution is 2.29. The second-order valence-corrected chi connectivity index (χ2v) is 10.7. The van der Waals surface area contributed by atoms with Crippen LogP contribution in [0.1, 0.15) is 5.56 Å². The van der Waals surface area contributed by atoms with E-state index in [2.05, 4.69) is 15.9 Å². The largest absolute Gasteiger partial charge is 0.340 e. The van der Waals surface area contributed by atoms with Crippen molar-refractivity contribution in [3.63, 3.8) is 0 Å². The number of benzene rings is 1. The molecule has 25 heavy (non-hydrogen) atoms. The number of hydrogen-bond acceptors (Lipinski definition) is 4. The lowest BCUT2D eigenvalue weighted by Crippen LogP contribution is -2.50. The summed E-state index contributed by atoms with van der Waals surface area (Å²) in [5, 5.41) is 0.634. The Morgan fingerprint density at radius 1 is 1.08 bits per heavy atom. The van der Waals surface area contributed by atoms with E-state index in [1.165, 1.54) is 15.6 Å². The summed E-state index contributed by atoms with van der Waals surface area (Å²) in [6.45, 7) is 1.42. The van der Waals surface area contributed by atoms with E-state index in [0.29, 0.717) is 41.8 Å². The fourth-order valence-corrected chi connectivity index (χ4v) is 6.34. The van der Waals surface area contributed by atoms with Gasteiger partial charge < -0.3 is 4.90 Å². The molecule has 1 amide bonds. The van der Waals surface area contributed by atoms with E-state index in [1.807, 2.05) is 12.1 Å². The molecule has 0 spiro atoms. The molecule has 1 aliphatic rings. The van der Waals surface area contributed by atoms with Crippen molar-refractivity contribution in [1.29, 1.82) is 0 Å². The van der Waals surface area contributed by atoms with Gasteiger partial charge in [0.05, 0.1) is 10.2 Å². The van der Waals surface area contributed by atoms with E-state index in [0.717, 1.165) is 9.35 Å².